The molecule has 0 aromatic rings. The fraction of sp³-hybridized carbons (Fsp3) is 0.647. The highest BCUT2D eigenvalue weighted by Gasteiger charge is 2.29. The van der Waals surface area contributed by atoms with Crippen LogP contribution in [0.2, 0.25) is 0 Å². The maximum atomic E-state index is 12.6. The van der Waals surface area contributed by atoms with Crippen LogP contribution in [0.3, 0.4) is 0 Å². The summed E-state index contributed by atoms with van der Waals surface area (Å²) in [5, 5.41) is 25.4. The SMILES string of the molecule is NC(=O)CCC(N)C(=O)NC(CO)C(=O)NC(CCCN=C(N)N)C(=O)NC(CS)C(=O)O. The van der Waals surface area contributed by atoms with Crippen LogP contribution in [0.1, 0.15) is 25.7 Å². The molecule has 0 saturated heterocycles. The van der Waals surface area contributed by atoms with Gasteiger partial charge >= 0.3 is 5.97 Å². The molecule has 16 heteroatoms. The predicted molar refractivity (Wildman–Crippen MR) is 121 cm³/mol. The third kappa shape index (κ3) is 12.5. The molecule has 0 aromatic carbocycles. The Morgan fingerprint density at radius 2 is 1.42 bits per heavy atom. The van der Waals surface area contributed by atoms with Gasteiger partial charge in [0.2, 0.25) is 23.6 Å². The van der Waals surface area contributed by atoms with Crippen molar-refractivity contribution in [3.8, 4) is 0 Å². The third-order valence-corrected chi connectivity index (χ3v) is 4.59. The smallest absolute Gasteiger partial charge is 0.327 e. The number of nitrogens with two attached hydrogens (primary N) is 4. The van der Waals surface area contributed by atoms with E-state index in [1.807, 2.05) is 0 Å². The number of guanidine groups is 1. The van der Waals surface area contributed by atoms with E-state index in [9.17, 15) is 29.1 Å². The molecule has 0 aliphatic heterocycles. The molecular formula is C17H32N8O7S. The molecule has 0 rings (SSSR count). The molecule has 0 aliphatic carbocycles. The van der Waals surface area contributed by atoms with Crippen molar-refractivity contribution in [1.29, 1.82) is 0 Å². The fourth-order valence-electron chi connectivity index (χ4n) is 2.40. The van der Waals surface area contributed by atoms with E-state index in [4.69, 9.17) is 28.0 Å². The Morgan fingerprint density at radius 1 is 0.879 bits per heavy atom. The number of aliphatic carboxylic acids is 1. The van der Waals surface area contributed by atoms with Crippen molar-refractivity contribution >= 4 is 48.2 Å². The van der Waals surface area contributed by atoms with Crippen molar-refractivity contribution in [3.63, 3.8) is 0 Å². The van der Waals surface area contributed by atoms with Crippen LogP contribution in [0, 0.1) is 0 Å². The van der Waals surface area contributed by atoms with Gasteiger partial charge < -0.3 is 49.1 Å². The first-order valence-electron chi connectivity index (χ1n) is 9.87. The summed E-state index contributed by atoms with van der Waals surface area (Å²) in [7, 11) is 0. The predicted octanol–water partition coefficient (Wildman–Crippen LogP) is -4.91. The summed E-state index contributed by atoms with van der Waals surface area (Å²) in [6.45, 7) is -0.692. The molecule has 4 atom stereocenters. The standard InChI is InChI=1S/C17H32N8O7S/c18-8(3-4-12(19)27)13(28)24-10(6-26)15(30)23-9(2-1-5-22-17(20)21)14(29)25-11(7-33)16(31)32/h8-11,26,33H,1-7,18H2,(H2,19,27)(H,23,30)(H,24,28)(H,25,29)(H,31,32)(H4,20,21,22). The molecule has 15 nitrogen and oxygen atoms in total. The number of nitrogens with one attached hydrogen (secondary N) is 3. The number of nitrogens with zero attached hydrogens (tertiary/aromatic N) is 1. The number of carboxylic acids is 1. The van der Waals surface area contributed by atoms with Gasteiger partial charge in [0.15, 0.2) is 5.96 Å². The summed E-state index contributed by atoms with van der Waals surface area (Å²) in [5.41, 5.74) is 21.1. The number of hydrogen-bond donors (Lipinski definition) is 10. The number of rotatable bonds is 16. The van der Waals surface area contributed by atoms with Crippen molar-refractivity contribution in [3.05, 3.63) is 0 Å². The molecule has 0 heterocycles. The number of thiol groups is 1. The molecule has 188 valence electrons. The Bertz CT molecular complexity index is 732. The van der Waals surface area contributed by atoms with Crippen LogP contribution in [-0.4, -0.2) is 88.8 Å². The number of carbonyl (C=O) groups is 5. The minimum atomic E-state index is -1.47. The van der Waals surface area contributed by atoms with Crippen LogP contribution in [0.25, 0.3) is 0 Å². The summed E-state index contributed by atoms with van der Waals surface area (Å²) in [6, 6.07) is -5.17. The second-order valence-electron chi connectivity index (χ2n) is 6.95. The van der Waals surface area contributed by atoms with E-state index < -0.39 is 60.4 Å². The molecule has 33 heavy (non-hydrogen) atoms. The van der Waals surface area contributed by atoms with Crippen molar-refractivity contribution in [1.82, 2.24) is 16.0 Å². The average Bonchev–Trinajstić information content (AvgIpc) is 2.74. The number of primary amides is 1. The zero-order chi connectivity index (χ0) is 25.6. The number of hydrogen-bond acceptors (Lipinski definition) is 9. The Balaban J connectivity index is 5.25. The van der Waals surface area contributed by atoms with E-state index in [-0.39, 0.29) is 43.9 Å². The molecule has 0 saturated carbocycles. The van der Waals surface area contributed by atoms with Gasteiger partial charge in [-0.15, -0.1) is 0 Å². The molecule has 0 fully saturated rings. The van der Waals surface area contributed by atoms with Crippen LogP contribution in [0.15, 0.2) is 4.99 Å². The number of amides is 4. The van der Waals surface area contributed by atoms with E-state index in [1.165, 1.54) is 0 Å². The van der Waals surface area contributed by atoms with E-state index in [0.29, 0.717) is 0 Å². The first-order chi connectivity index (χ1) is 15.4. The number of aliphatic imine (C=N–C) groups is 1. The number of aliphatic hydroxyl groups excluding tert-OH is 1. The lowest BCUT2D eigenvalue weighted by Crippen LogP contribution is -2.58. The van der Waals surface area contributed by atoms with Crippen LogP contribution in [0.5, 0.6) is 0 Å². The van der Waals surface area contributed by atoms with Gasteiger partial charge in [0.1, 0.15) is 18.1 Å². The van der Waals surface area contributed by atoms with Crippen LogP contribution < -0.4 is 38.9 Å². The van der Waals surface area contributed by atoms with Gasteiger partial charge in [-0.05, 0) is 19.3 Å². The van der Waals surface area contributed by atoms with Gasteiger partial charge in [0, 0.05) is 18.7 Å². The highest BCUT2D eigenvalue weighted by atomic mass is 32.1. The molecule has 0 bridgehead atoms. The number of carbonyl (C=O) groups excluding carboxylic acids is 4. The van der Waals surface area contributed by atoms with Crippen molar-refractivity contribution in [2.45, 2.75) is 49.9 Å². The van der Waals surface area contributed by atoms with Crippen molar-refractivity contribution in [2.24, 2.45) is 27.9 Å². The number of aliphatic hydroxyl groups is 1. The van der Waals surface area contributed by atoms with Crippen LogP contribution in [0.4, 0.5) is 0 Å². The highest BCUT2D eigenvalue weighted by Crippen LogP contribution is 2.02. The highest BCUT2D eigenvalue weighted by molar-refractivity contribution is 7.80. The van der Waals surface area contributed by atoms with E-state index in [2.05, 4.69) is 33.6 Å². The zero-order valence-electron chi connectivity index (χ0n) is 17.9. The first-order valence-corrected chi connectivity index (χ1v) is 10.5. The lowest BCUT2D eigenvalue weighted by molar-refractivity contribution is -0.141. The van der Waals surface area contributed by atoms with E-state index in [0.717, 1.165) is 0 Å². The van der Waals surface area contributed by atoms with Gasteiger partial charge in [-0.2, -0.15) is 12.6 Å². The molecule has 0 spiro atoms. The maximum Gasteiger partial charge on any atom is 0.327 e. The fourth-order valence-corrected chi connectivity index (χ4v) is 2.65. The molecule has 0 radical (unpaired) electrons. The molecular weight excluding hydrogens is 460 g/mol. The summed E-state index contributed by atoms with van der Waals surface area (Å²) < 4.78 is 0. The van der Waals surface area contributed by atoms with Gasteiger partial charge in [-0.1, -0.05) is 0 Å². The Kier molecular flexibility index (Phi) is 14.2. The lowest BCUT2D eigenvalue weighted by atomic mass is 10.1. The molecule has 0 aromatic heterocycles. The van der Waals surface area contributed by atoms with Gasteiger partial charge in [-0.3, -0.25) is 24.2 Å². The first kappa shape index (κ1) is 29.9. The molecule has 0 aliphatic rings. The van der Waals surface area contributed by atoms with Crippen LogP contribution >= 0.6 is 12.6 Å². The summed E-state index contributed by atoms with van der Waals surface area (Å²) in [6.07, 6.45) is 0.0239. The summed E-state index contributed by atoms with van der Waals surface area (Å²) in [5.74, 6) is -4.92. The quantitative estimate of drug-likeness (QED) is 0.0424. The Morgan fingerprint density at radius 3 is 1.91 bits per heavy atom. The number of carboxylic acid groups (broad SMARTS) is 1. The van der Waals surface area contributed by atoms with E-state index >= 15 is 0 Å². The van der Waals surface area contributed by atoms with Crippen molar-refractivity contribution < 1.29 is 34.2 Å². The second kappa shape index (κ2) is 15.7. The summed E-state index contributed by atoms with van der Waals surface area (Å²) >= 11 is 3.86. The largest absolute Gasteiger partial charge is 0.480 e. The molecule has 4 amide bonds. The van der Waals surface area contributed by atoms with E-state index in [1.54, 1.807) is 0 Å². The van der Waals surface area contributed by atoms with Gasteiger partial charge in [-0.25, -0.2) is 4.79 Å². The van der Waals surface area contributed by atoms with Crippen molar-refractivity contribution in [2.75, 3.05) is 18.9 Å². The Labute approximate surface area is 195 Å². The lowest BCUT2D eigenvalue weighted by Gasteiger charge is -2.24. The second-order valence-corrected chi connectivity index (χ2v) is 7.31. The summed E-state index contributed by atoms with van der Waals surface area (Å²) in [4.78, 5) is 63.0. The topological polar surface area (TPSA) is 278 Å². The minimum Gasteiger partial charge on any atom is -0.480 e. The van der Waals surface area contributed by atoms with Gasteiger partial charge in [0.05, 0.1) is 12.6 Å². The third-order valence-electron chi connectivity index (χ3n) is 4.23. The molecule has 13 N–H and O–H groups in total. The average molecular weight is 493 g/mol. The van der Waals surface area contributed by atoms with Crippen LogP contribution in [-0.2, 0) is 24.0 Å². The monoisotopic (exact) mass is 492 g/mol. The zero-order valence-corrected chi connectivity index (χ0v) is 18.8. The minimum absolute atomic E-state index is 0.0114. The Hall–Kier alpha value is -3.11. The molecule has 4 unspecified atom stereocenters. The van der Waals surface area contributed by atoms with Gasteiger partial charge in [0.25, 0.3) is 0 Å². The normalized spacial score (nSPS) is 14.2. The maximum absolute atomic E-state index is 12.6.